The monoisotopic (exact) mass is 611 g/mol. The molecule has 0 bridgehead atoms. The number of carboxylic acids is 1. The molecule has 2 heterocycles. The number of carboxylic acid groups (broad SMARTS) is 1. The number of carbonyl (C=O) groups is 3. The quantitative estimate of drug-likeness (QED) is 0.319. The van der Waals surface area contributed by atoms with Gasteiger partial charge < -0.3 is 20.5 Å². The third-order valence-electron chi connectivity index (χ3n) is 9.58. The molecule has 0 radical (unpaired) electrons. The number of carbonyl (C=O) groups excluding carboxylic acids is 2. The Morgan fingerprint density at radius 1 is 1.07 bits per heavy atom. The molecule has 8 nitrogen and oxygen atoms in total. The third-order valence-corrected chi connectivity index (χ3v) is 9.58. The number of likely N-dealkylation sites (tertiary alicyclic amines) is 1. The summed E-state index contributed by atoms with van der Waals surface area (Å²) in [7, 11) is 0. The van der Waals surface area contributed by atoms with Crippen LogP contribution >= 0.6 is 12.4 Å². The summed E-state index contributed by atoms with van der Waals surface area (Å²) in [4.78, 5) is 39.1. The Kier molecular flexibility index (Phi) is 11.4. The molecule has 2 aliphatic heterocycles. The van der Waals surface area contributed by atoms with Crippen LogP contribution in [0.25, 0.3) is 0 Å². The topological polar surface area (TPSA) is 108 Å². The highest BCUT2D eigenvalue weighted by Crippen LogP contribution is 2.41. The van der Waals surface area contributed by atoms with Gasteiger partial charge in [0.25, 0.3) is 0 Å². The van der Waals surface area contributed by atoms with Crippen LogP contribution in [-0.4, -0.2) is 65.3 Å². The predicted molar refractivity (Wildman–Crippen MR) is 169 cm³/mol. The van der Waals surface area contributed by atoms with Crippen LogP contribution in [0, 0.1) is 5.41 Å². The summed E-state index contributed by atoms with van der Waals surface area (Å²) in [6.45, 7) is 7.15. The predicted octanol–water partition coefficient (Wildman–Crippen LogP) is 5.17. The SMILES string of the molecule is CCCC[C@]1(CC2CNC3(CCN(Cc4ccc(OCc5cccc(C(=O)O)c5)cc4)CC3)CN2)CC(=O)CCC1=O.Cl. The van der Waals surface area contributed by atoms with Crippen molar-refractivity contribution in [2.45, 2.75) is 89.4 Å². The fraction of sp³-hybridized carbons (Fsp3) is 0.559. The van der Waals surface area contributed by atoms with Crippen molar-refractivity contribution in [1.82, 2.24) is 15.5 Å². The zero-order valence-electron chi connectivity index (χ0n) is 25.2. The molecule has 1 spiro atoms. The summed E-state index contributed by atoms with van der Waals surface area (Å²) in [6, 6.07) is 15.2. The van der Waals surface area contributed by atoms with Crippen LogP contribution in [0.1, 0.15) is 86.2 Å². The molecule has 2 aromatic rings. The molecule has 2 atom stereocenters. The number of ketones is 2. The lowest BCUT2D eigenvalue weighted by molar-refractivity contribution is -0.140. The van der Waals surface area contributed by atoms with Crippen molar-refractivity contribution in [3.63, 3.8) is 0 Å². The number of nitrogens with one attached hydrogen (secondary N) is 2. The highest BCUT2D eigenvalue weighted by atomic mass is 35.5. The van der Waals surface area contributed by atoms with Crippen molar-refractivity contribution in [3.8, 4) is 5.75 Å². The molecule has 1 aliphatic carbocycles. The van der Waals surface area contributed by atoms with Gasteiger partial charge in [0, 0.05) is 69.0 Å². The average molecular weight is 612 g/mol. The molecule has 3 aliphatic rings. The van der Waals surface area contributed by atoms with Gasteiger partial charge in [0.1, 0.15) is 23.9 Å². The van der Waals surface area contributed by atoms with Gasteiger partial charge in [-0.1, -0.05) is 44.0 Å². The summed E-state index contributed by atoms with van der Waals surface area (Å²) in [5, 5.41) is 16.8. The lowest BCUT2D eigenvalue weighted by Crippen LogP contribution is -2.66. The van der Waals surface area contributed by atoms with E-state index in [1.54, 1.807) is 18.2 Å². The van der Waals surface area contributed by atoms with Crippen LogP contribution < -0.4 is 15.4 Å². The smallest absolute Gasteiger partial charge is 0.335 e. The van der Waals surface area contributed by atoms with E-state index >= 15 is 0 Å². The Morgan fingerprint density at radius 2 is 1.84 bits per heavy atom. The molecule has 0 amide bonds. The number of Topliss-reactive ketones (excluding diaryl/α,β-unsaturated/α-hetero) is 2. The molecule has 234 valence electrons. The molecule has 1 unspecified atom stereocenters. The molecule has 0 aromatic heterocycles. The van der Waals surface area contributed by atoms with Crippen molar-refractivity contribution in [2.75, 3.05) is 26.2 Å². The first-order valence-electron chi connectivity index (χ1n) is 15.6. The number of halogens is 1. The molecule has 9 heteroatoms. The second kappa shape index (κ2) is 14.8. The minimum atomic E-state index is -0.939. The minimum absolute atomic E-state index is 0. The van der Waals surface area contributed by atoms with Crippen LogP contribution in [0.2, 0.25) is 0 Å². The number of rotatable bonds is 11. The van der Waals surface area contributed by atoms with Gasteiger partial charge in [0.05, 0.1) is 5.56 Å². The molecule has 2 aromatic carbocycles. The van der Waals surface area contributed by atoms with E-state index in [0.29, 0.717) is 31.7 Å². The van der Waals surface area contributed by atoms with Gasteiger partial charge in [0.15, 0.2) is 0 Å². The van der Waals surface area contributed by atoms with Gasteiger partial charge in [-0.25, -0.2) is 4.79 Å². The van der Waals surface area contributed by atoms with Crippen molar-refractivity contribution < 1.29 is 24.2 Å². The van der Waals surface area contributed by atoms with E-state index < -0.39 is 11.4 Å². The fourth-order valence-corrected chi connectivity index (χ4v) is 6.95. The largest absolute Gasteiger partial charge is 0.489 e. The first-order chi connectivity index (χ1) is 20.3. The standard InChI is InChI=1S/C34H45N3O5.ClH/c1-2-3-13-33(20-29(38)9-12-31(33)39)19-28-21-36-34(24-35-28)14-16-37(17-15-34)22-25-7-10-30(11-8-25)42-23-26-5-4-6-27(18-26)32(40)41;/h4-8,10-11,18,28,35-36H,2-3,9,12-17,19-24H2,1H3,(H,40,41);1H/t28?,33-;/m0./s1. The Labute approximate surface area is 261 Å². The zero-order chi connectivity index (χ0) is 29.6. The maximum atomic E-state index is 13.0. The molecule has 2 saturated heterocycles. The Morgan fingerprint density at radius 3 is 2.51 bits per heavy atom. The van der Waals surface area contributed by atoms with E-state index in [1.165, 1.54) is 5.56 Å². The van der Waals surface area contributed by atoms with Gasteiger partial charge in [0.2, 0.25) is 0 Å². The third kappa shape index (κ3) is 8.44. The van der Waals surface area contributed by atoms with Crippen molar-refractivity contribution in [1.29, 1.82) is 0 Å². The summed E-state index contributed by atoms with van der Waals surface area (Å²) < 4.78 is 5.88. The number of unbranched alkanes of at least 4 members (excludes halogenated alkanes) is 1. The van der Waals surface area contributed by atoms with Crippen molar-refractivity contribution in [2.24, 2.45) is 5.41 Å². The summed E-state index contributed by atoms with van der Waals surface area (Å²) >= 11 is 0. The van der Waals surface area contributed by atoms with Crippen molar-refractivity contribution in [3.05, 3.63) is 65.2 Å². The molecular formula is C34H46ClN3O5. The normalized spacial score (nSPS) is 24.0. The van der Waals surface area contributed by atoms with Gasteiger partial charge in [-0.3, -0.25) is 14.5 Å². The second-order valence-electron chi connectivity index (χ2n) is 12.7. The van der Waals surface area contributed by atoms with Gasteiger partial charge in [-0.15, -0.1) is 12.4 Å². The van der Waals surface area contributed by atoms with Crippen LogP contribution in [0.15, 0.2) is 48.5 Å². The average Bonchev–Trinajstić information content (AvgIpc) is 3.00. The van der Waals surface area contributed by atoms with Crippen LogP contribution in [-0.2, 0) is 22.7 Å². The summed E-state index contributed by atoms with van der Waals surface area (Å²) in [6.07, 6.45) is 7.05. The minimum Gasteiger partial charge on any atom is -0.489 e. The highest BCUT2D eigenvalue weighted by molar-refractivity contribution is 5.97. The number of piperidine rings is 1. The fourth-order valence-electron chi connectivity index (χ4n) is 6.95. The maximum Gasteiger partial charge on any atom is 0.335 e. The number of aromatic carboxylic acids is 1. The lowest BCUT2D eigenvalue weighted by Gasteiger charge is -2.48. The number of nitrogens with zero attached hydrogens (tertiary/aromatic N) is 1. The Bertz CT molecular complexity index is 1250. The van der Waals surface area contributed by atoms with Crippen LogP contribution in [0.4, 0.5) is 0 Å². The number of piperazine rings is 1. The zero-order valence-corrected chi connectivity index (χ0v) is 26.1. The van der Waals surface area contributed by atoms with E-state index in [0.717, 1.165) is 82.6 Å². The van der Waals surface area contributed by atoms with Gasteiger partial charge in [-0.05, 0) is 61.1 Å². The summed E-state index contributed by atoms with van der Waals surface area (Å²) in [5.74, 6) is 0.381. The first kappa shape index (κ1) is 33.1. The molecular weight excluding hydrogens is 566 g/mol. The van der Waals surface area contributed by atoms with Gasteiger partial charge >= 0.3 is 5.97 Å². The van der Waals surface area contributed by atoms with Crippen molar-refractivity contribution >= 4 is 29.9 Å². The van der Waals surface area contributed by atoms with E-state index in [9.17, 15) is 19.5 Å². The van der Waals surface area contributed by atoms with E-state index in [2.05, 4.69) is 34.6 Å². The lowest BCUT2D eigenvalue weighted by atomic mass is 9.65. The molecule has 3 N–H and O–H groups in total. The Hall–Kier alpha value is -2.78. The number of benzene rings is 2. The highest BCUT2D eigenvalue weighted by Gasteiger charge is 2.45. The molecule has 3 fully saturated rings. The number of hydrogen-bond donors (Lipinski definition) is 3. The van der Waals surface area contributed by atoms with E-state index in [4.69, 9.17) is 4.74 Å². The number of ether oxygens (including phenoxy) is 1. The molecule has 1 saturated carbocycles. The molecule has 5 rings (SSSR count). The Balaban J connectivity index is 0.00000423. The van der Waals surface area contributed by atoms with E-state index in [-0.39, 0.29) is 35.3 Å². The summed E-state index contributed by atoms with van der Waals surface area (Å²) in [5.41, 5.74) is 1.95. The van der Waals surface area contributed by atoms with Gasteiger partial charge in [-0.2, -0.15) is 0 Å². The van der Waals surface area contributed by atoms with Crippen LogP contribution in [0.3, 0.4) is 0 Å². The molecule has 43 heavy (non-hydrogen) atoms. The van der Waals surface area contributed by atoms with Crippen LogP contribution in [0.5, 0.6) is 5.75 Å². The van der Waals surface area contributed by atoms with E-state index in [1.807, 2.05) is 18.2 Å². The maximum absolute atomic E-state index is 13.0. The number of hydrogen-bond acceptors (Lipinski definition) is 7. The second-order valence-corrected chi connectivity index (χ2v) is 12.7. The first-order valence-corrected chi connectivity index (χ1v) is 15.6.